The number of fused-ring (bicyclic) bond motifs is 3. The van der Waals surface area contributed by atoms with Gasteiger partial charge in [-0.15, -0.1) is 0 Å². The predicted molar refractivity (Wildman–Crippen MR) is 132 cm³/mol. The van der Waals surface area contributed by atoms with Gasteiger partial charge < -0.3 is 4.90 Å². The van der Waals surface area contributed by atoms with Gasteiger partial charge in [0.15, 0.2) is 0 Å². The summed E-state index contributed by atoms with van der Waals surface area (Å²) in [5.41, 5.74) is 7.09. The molecule has 0 bridgehead atoms. The zero-order valence-electron chi connectivity index (χ0n) is 19.5. The molecule has 0 radical (unpaired) electrons. The van der Waals surface area contributed by atoms with E-state index in [4.69, 9.17) is 0 Å². The van der Waals surface area contributed by atoms with Crippen molar-refractivity contribution in [3.63, 3.8) is 0 Å². The summed E-state index contributed by atoms with van der Waals surface area (Å²) in [6.07, 6.45) is -0.0580. The molecule has 2 nitrogen and oxygen atoms in total. The van der Waals surface area contributed by atoms with Crippen LogP contribution in [0.4, 0.5) is 5.69 Å². The van der Waals surface area contributed by atoms with Gasteiger partial charge in [0.05, 0.1) is 13.4 Å². The van der Waals surface area contributed by atoms with Crippen LogP contribution in [0.15, 0.2) is 109 Å². The summed E-state index contributed by atoms with van der Waals surface area (Å²) in [4.78, 5) is 4.98. The highest BCUT2D eigenvalue weighted by molar-refractivity contribution is 5.60. The second kappa shape index (κ2) is 7.65. The first-order chi connectivity index (χ1) is 16.1. The second-order valence-electron chi connectivity index (χ2n) is 8.87. The Morgan fingerprint density at radius 2 is 1.22 bits per heavy atom. The van der Waals surface area contributed by atoms with Crippen molar-refractivity contribution >= 4 is 5.69 Å². The van der Waals surface area contributed by atoms with Gasteiger partial charge in [-0.05, 0) is 47.7 Å². The average Bonchev–Trinajstić information content (AvgIpc) is 3.32. The number of nitrogens with zero attached hydrogens (tertiary/aromatic N) is 2. The molecule has 0 saturated carbocycles. The van der Waals surface area contributed by atoms with Gasteiger partial charge in [-0.1, -0.05) is 103 Å². The summed E-state index contributed by atoms with van der Waals surface area (Å²) < 4.78 is 10.1. The average molecular weight is 418 g/mol. The number of anilines is 1. The van der Waals surface area contributed by atoms with Crippen molar-refractivity contribution in [3.8, 4) is 0 Å². The monoisotopic (exact) mass is 417 g/mol. The lowest BCUT2D eigenvalue weighted by molar-refractivity contribution is 0.174. The highest BCUT2D eigenvalue weighted by atomic mass is 15.5. The Labute approximate surface area is 192 Å². The molecule has 4 aromatic carbocycles. The molecule has 158 valence electrons. The van der Waals surface area contributed by atoms with E-state index in [9.17, 15) is 1.37 Å². The number of hydrogen-bond donors (Lipinski definition) is 0. The van der Waals surface area contributed by atoms with Crippen LogP contribution in [-0.4, -0.2) is 10.9 Å². The number of hydrogen-bond acceptors (Lipinski definition) is 2. The Hall–Kier alpha value is -3.36. The molecule has 32 heavy (non-hydrogen) atoms. The highest BCUT2D eigenvalue weighted by Crippen LogP contribution is 2.58. The maximum atomic E-state index is 10.1. The van der Waals surface area contributed by atoms with Crippen molar-refractivity contribution in [2.24, 2.45) is 0 Å². The zero-order chi connectivity index (χ0) is 22.6. The Balaban J connectivity index is 1.64. The van der Waals surface area contributed by atoms with E-state index in [1.54, 1.807) is 0 Å². The smallest absolute Gasteiger partial charge is 0.110 e. The van der Waals surface area contributed by atoms with Gasteiger partial charge in [-0.2, -0.15) is 0 Å². The van der Waals surface area contributed by atoms with E-state index in [0.29, 0.717) is 0 Å². The molecule has 2 heteroatoms. The lowest BCUT2D eigenvalue weighted by Gasteiger charge is -2.37. The van der Waals surface area contributed by atoms with Gasteiger partial charge in [-0.3, -0.25) is 4.90 Å². The van der Waals surface area contributed by atoms with Gasteiger partial charge in [0.2, 0.25) is 0 Å². The van der Waals surface area contributed by atoms with Crippen LogP contribution >= 0.6 is 0 Å². The fourth-order valence-electron chi connectivity index (χ4n) is 5.73. The van der Waals surface area contributed by atoms with Gasteiger partial charge in [-0.25, -0.2) is 0 Å². The molecule has 3 unspecified atom stereocenters. The summed E-state index contributed by atoms with van der Waals surface area (Å²) in [7, 11) is 0. The number of aryl methyl sites for hydroxylation is 1. The molecule has 0 aromatic heterocycles. The lowest BCUT2D eigenvalue weighted by Crippen LogP contribution is -2.35. The van der Waals surface area contributed by atoms with Crippen molar-refractivity contribution in [3.05, 3.63) is 137 Å². The van der Waals surface area contributed by atoms with Gasteiger partial charge in [0.25, 0.3) is 0 Å². The van der Waals surface area contributed by atoms with Crippen LogP contribution in [0.2, 0.25) is 0 Å². The molecule has 6 rings (SSSR count). The summed E-state index contributed by atoms with van der Waals surface area (Å²) in [6, 6.07) is 37.6. The van der Waals surface area contributed by atoms with Gasteiger partial charge in [0.1, 0.15) is 6.17 Å². The van der Waals surface area contributed by atoms with E-state index < -0.39 is 6.02 Å². The SMILES string of the molecule is [2H]C1(c2ccccc2)c2ccccc2C2[C@H](C)N(c3ccccc3C)C(c3ccccc3)N21. The minimum atomic E-state index is -0.977. The standard InChI is InChI=1S/C30H28N2/c1-21-13-9-12-20-27(21)31-22(2)28-25-18-10-11-19-26(25)29(23-14-5-3-6-15-23)32(28)30(31)24-16-7-4-8-17-24/h3-20,22,28-30H,1-2H3/t22-,28?,29?,30?/m0/s1/i29D. The van der Waals surface area contributed by atoms with Crippen molar-refractivity contribution in [1.29, 1.82) is 0 Å². The summed E-state index contributed by atoms with van der Waals surface area (Å²) in [6.45, 7) is 4.51. The minimum absolute atomic E-state index is 0.0580. The van der Waals surface area contributed by atoms with Crippen LogP contribution in [0.25, 0.3) is 0 Å². The zero-order valence-corrected chi connectivity index (χ0v) is 18.5. The molecule has 2 aliphatic rings. The molecule has 0 N–H and O–H groups in total. The van der Waals surface area contributed by atoms with Gasteiger partial charge >= 0.3 is 0 Å². The maximum absolute atomic E-state index is 10.1. The largest absolute Gasteiger partial charge is 0.347 e. The van der Waals surface area contributed by atoms with Crippen molar-refractivity contribution in [1.82, 2.24) is 4.90 Å². The first kappa shape index (κ1) is 18.2. The van der Waals surface area contributed by atoms with Crippen molar-refractivity contribution < 1.29 is 1.37 Å². The summed E-state index contributed by atoms with van der Waals surface area (Å²) in [5, 5.41) is 0. The van der Waals surface area contributed by atoms with E-state index in [-0.39, 0.29) is 18.2 Å². The van der Waals surface area contributed by atoms with E-state index in [0.717, 1.165) is 11.1 Å². The molecule has 4 atom stereocenters. The third kappa shape index (κ3) is 2.83. The molecule has 0 spiro atoms. The van der Waals surface area contributed by atoms with E-state index >= 15 is 0 Å². The molecule has 1 fully saturated rings. The number of rotatable bonds is 3. The summed E-state index contributed by atoms with van der Waals surface area (Å²) >= 11 is 0. The molecular formula is C30H28N2. The topological polar surface area (TPSA) is 6.48 Å². The first-order valence-electron chi connectivity index (χ1n) is 11.9. The molecular weight excluding hydrogens is 388 g/mol. The quantitative estimate of drug-likeness (QED) is 0.352. The molecule has 4 aromatic rings. The first-order valence-corrected chi connectivity index (χ1v) is 11.4. The Morgan fingerprint density at radius 3 is 1.91 bits per heavy atom. The Kier molecular flexibility index (Phi) is 4.36. The fraction of sp³-hybridized carbons (Fsp3) is 0.200. The minimum Gasteiger partial charge on any atom is -0.347 e. The van der Waals surface area contributed by atoms with Crippen LogP contribution in [0.3, 0.4) is 0 Å². The Bertz CT molecular complexity index is 1290. The van der Waals surface area contributed by atoms with E-state index in [2.05, 4.69) is 127 Å². The van der Waals surface area contributed by atoms with E-state index in [1.165, 1.54) is 22.4 Å². The summed E-state index contributed by atoms with van der Waals surface area (Å²) in [5.74, 6) is 0. The normalized spacial score (nSPS) is 27.1. The molecule has 2 heterocycles. The second-order valence-corrected chi connectivity index (χ2v) is 8.87. The predicted octanol–water partition coefficient (Wildman–Crippen LogP) is 7.05. The van der Waals surface area contributed by atoms with E-state index in [1.807, 2.05) is 6.07 Å². The van der Waals surface area contributed by atoms with Crippen LogP contribution < -0.4 is 4.90 Å². The fourth-order valence-corrected chi connectivity index (χ4v) is 5.73. The molecule has 1 saturated heterocycles. The molecule has 0 aliphatic carbocycles. The Morgan fingerprint density at radius 1 is 0.656 bits per heavy atom. The third-order valence-corrected chi connectivity index (χ3v) is 7.05. The van der Waals surface area contributed by atoms with Crippen LogP contribution in [-0.2, 0) is 0 Å². The highest BCUT2D eigenvalue weighted by Gasteiger charge is 2.54. The van der Waals surface area contributed by atoms with Crippen molar-refractivity contribution in [2.75, 3.05) is 4.90 Å². The lowest BCUT2D eigenvalue weighted by atomic mass is 9.94. The third-order valence-electron chi connectivity index (χ3n) is 7.05. The number of para-hydroxylation sites is 1. The molecule has 0 amide bonds. The van der Waals surface area contributed by atoms with Crippen molar-refractivity contribution in [2.45, 2.75) is 38.1 Å². The molecule has 2 aliphatic heterocycles. The van der Waals surface area contributed by atoms with Crippen LogP contribution in [0, 0.1) is 6.92 Å². The van der Waals surface area contributed by atoms with Gasteiger partial charge in [0, 0.05) is 11.7 Å². The number of benzene rings is 4. The maximum Gasteiger partial charge on any atom is 0.110 e. The van der Waals surface area contributed by atoms with Crippen LogP contribution in [0.5, 0.6) is 0 Å². The van der Waals surface area contributed by atoms with Crippen LogP contribution in [0.1, 0.15) is 54.3 Å².